The summed E-state index contributed by atoms with van der Waals surface area (Å²) in [5, 5.41) is 11.5. The summed E-state index contributed by atoms with van der Waals surface area (Å²) in [6, 6.07) is 11.9. The molecular formula is C24H27N5O5S. The van der Waals surface area contributed by atoms with Crippen LogP contribution in [0.15, 0.2) is 47.4 Å². The second kappa shape index (κ2) is 10.0. The SMILES string of the molecule is O=C(CCNS(=O)(=O)c1ccc2c(c1)OCCO2)Nc1cccc(-c2nnc3n2CCCCC3)c1. The molecule has 0 unspecified atom stereocenters. The van der Waals surface area contributed by atoms with Crippen LogP contribution in [0.1, 0.15) is 31.5 Å². The number of carbonyl (C=O) groups excluding carboxylic acids is 1. The van der Waals surface area contributed by atoms with Crippen molar-refractivity contribution in [3.63, 3.8) is 0 Å². The van der Waals surface area contributed by atoms with Crippen LogP contribution in [0.3, 0.4) is 0 Å². The number of fused-ring (bicyclic) bond motifs is 2. The van der Waals surface area contributed by atoms with Crippen LogP contribution in [0.5, 0.6) is 11.5 Å². The van der Waals surface area contributed by atoms with Crippen molar-refractivity contribution in [3.05, 3.63) is 48.3 Å². The van der Waals surface area contributed by atoms with E-state index < -0.39 is 10.0 Å². The minimum Gasteiger partial charge on any atom is -0.486 e. The van der Waals surface area contributed by atoms with Gasteiger partial charge in [-0.2, -0.15) is 0 Å². The van der Waals surface area contributed by atoms with Crippen LogP contribution in [-0.4, -0.2) is 48.8 Å². The van der Waals surface area contributed by atoms with E-state index in [1.165, 1.54) is 18.6 Å². The third kappa shape index (κ3) is 5.30. The van der Waals surface area contributed by atoms with E-state index in [0.717, 1.165) is 43.0 Å². The molecule has 0 atom stereocenters. The van der Waals surface area contributed by atoms with Crippen LogP contribution in [0.25, 0.3) is 11.4 Å². The summed E-state index contributed by atoms with van der Waals surface area (Å²) in [5.41, 5.74) is 1.50. The molecular weight excluding hydrogens is 470 g/mol. The zero-order valence-corrected chi connectivity index (χ0v) is 20.0. The monoisotopic (exact) mass is 497 g/mol. The summed E-state index contributed by atoms with van der Waals surface area (Å²) in [6.07, 6.45) is 4.29. The summed E-state index contributed by atoms with van der Waals surface area (Å²) in [6.45, 7) is 1.64. The van der Waals surface area contributed by atoms with Crippen molar-refractivity contribution < 1.29 is 22.7 Å². The Hall–Kier alpha value is -3.44. The van der Waals surface area contributed by atoms with Gasteiger partial charge in [0.2, 0.25) is 15.9 Å². The van der Waals surface area contributed by atoms with Gasteiger partial charge < -0.3 is 19.4 Å². The molecule has 0 bridgehead atoms. The molecule has 3 aromatic rings. The molecule has 1 amide bonds. The van der Waals surface area contributed by atoms with Crippen molar-refractivity contribution in [2.24, 2.45) is 0 Å². The lowest BCUT2D eigenvalue weighted by Crippen LogP contribution is -2.28. The number of aromatic nitrogens is 3. The molecule has 11 heteroatoms. The van der Waals surface area contributed by atoms with Crippen LogP contribution in [0.4, 0.5) is 5.69 Å². The first-order valence-corrected chi connectivity index (χ1v) is 13.2. The third-order valence-corrected chi connectivity index (χ3v) is 7.44. The Morgan fingerprint density at radius 3 is 2.74 bits per heavy atom. The molecule has 0 spiro atoms. The smallest absolute Gasteiger partial charge is 0.240 e. The summed E-state index contributed by atoms with van der Waals surface area (Å²) in [7, 11) is -3.79. The minimum absolute atomic E-state index is 0.0195. The summed E-state index contributed by atoms with van der Waals surface area (Å²) in [4.78, 5) is 12.5. The summed E-state index contributed by atoms with van der Waals surface area (Å²) >= 11 is 0. The van der Waals surface area contributed by atoms with Gasteiger partial charge in [-0.15, -0.1) is 10.2 Å². The Balaban J connectivity index is 1.19. The van der Waals surface area contributed by atoms with Gasteiger partial charge in [-0.1, -0.05) is 18.6 Å². The number of rotatable bonds is 7. The lowest BCUT2D eigenvalue weighted by molar-refractivity contribution is -0.116. The van der Waals surface area contributed by atoms with E-state index in [0.29, 0.717) is 30.4 Å². The van der Waals surface area contributed by atoms with Crippen molar-refractivity contribution in [3.8, 4) is 22.9 Å². The number of hydrogen-bond acceptors (Lipinski definition) is 7. The quantitative estimate of drug-likeness (QED) is 0.514. The number of nitrogens with one attached hydrogen (secondary N) is 2. The van der Waals surface area contributed by atoms with E-state index >= 15 is 0 Å². The predicted molar refractivity (Wildman–Crippen MR) is 129 cm³/mol. The first-order chi connectivity index (χ1) is 17.0. The highest BCUT2D eigenvalue weighted by atomic mass is 32.2. The fourth-order valence-electron chi connectivity index (χ4n) is 4.23. The van der Waals surface area contributed by atoms with Crippen LogP contribution in [-0.2, 0) is 27.8 Å². The zero-order chi connectivity index (χ0) is 24.3. The van der Waals surface area contributed by atoms with Gasteiger partial charge in [0.25, 0.3) is 0 Å². The molecule has 2 aromatic carbocycles. The van der Waals surface area contributed by atoms with Crippen molar-refractivity contribution in [1.29, 1.82) is 0 Å². The Bertz CT molecular complexity index is 1340. The highest BCUT2D eigenvalue weighted by molar-refractivity contribution is 7.89. The molecule has 2 N–H and O–H groups in total. The standard InChI is InChI=1S/C24H27N5O5S/c30-23(10-11-25-35(31,32)19-8-9-20-21(16-19)34-14-13-33-20)26-18-6-4-5-17(15-18)24-28-27-22-7-2-1-3-12-29(22)24/h4-6,8-9,15-16,25H,1-3,7,10-14H2,(H,26,30). The molecule has 184 valence electrons. The molecule has 3 heterocycles. The molecule has 0 radical (unpaired) electrons. The molecule has 35 heavy (non-hydrogen) atoms. The van der Waals surface area contributed by atoms with Gasteiger partial charge in [0, 0.05) is 43.2 Å². The Morgan fingerprint density at radius 1 is 1.00 bits per heavy atom. The molecule has 2 aliphatic rings. The maximum absolute atomic E-state index is 12.6. The lowest BCUT2D eigenvalue weighted by Gasteiger charge is -2.18. The average molecular weight is 498 g/mol. The van der Waals surface area contributed by atoms with Crippen molar-refractivity contribution in [1.82, 2.24) is 19.5 Å². The number of benzene rings is 2. The van der Waals surface area contributed by atoms with Gasteiger partial charge in [0.15, 0.2) is 17.3 Å². The van der Waals surface area contributed by atoms with Crippen LogP contribution in [0, 0.1) is 0 Å². The highest BCUT2D eigenvalue weighted by Gasteiger charge is 2.20. The van der Waals surface area contributed by atoms with E-state index in [2.05, 4.69) is 24.8 Å². The molecule has 5 rings (SSSR count). The molecule has 1 aromatic heterocycles. The lowest BCUT2D eigenvalue weighted by atomic mass is 10.2. The van der Waals surface area contributed by atoms with Gasteiger partial charge in [0.05, 0.1) is 4.90 Å². The number of hydrogen-bond donors (Lipinski definition) is 2. The van der Waals surface area contributed by atoms with Gasteiger partial charge >= 0.3 is 0 Å². The average Bonchev–Trinajstić information content (AvgIpc) is 3.12. The first-order valence-electron chi connectivity index (χ1n) is 11.7. The van der Waals surface area contributed by atoms with Gasteiger partial charge in [-0.05, 0) is 37.1 Å². The highest BCUT2D eigenvalue weighted by Crippen LogP contribution is 2.32. The van der Waals surface area contributed by atoms with E-state index in [1.54, 1.807) is 12.1 Å². The number of sulfonamides is 1. The molecule has 10 nitrogen and oxygen atoms in total. The maximum Gasteiger partial charge on any atom is 0.240 e. The van der Waals surface area contributed by atoms with Gasteiger partial charge in [0.1, 0.15) is 19.0 Å². The van der Waals surface area contributed by atoms with Crippen molar-refractivity contribution >= 4 is 21.6 Å². The maximum atomic E-state index is 12.6. The van der Waals surface area contributed by atoms with Gasteiger partial charge in [-0.25, -0.2) is 13.1 Å². The summed E-state index contributed by atoms with van der Waals surface area (Å²) in [5.74, 6) is 2.40. The van der Waals surface area contributed by atoms with Crippen molar-refractivity contribution in [2.75, 3.05) is 25.1 Å². The number of ether oxygens (including phenoxy) is 2. The molecule has 0 saturated heterocycles. The van der Waals surface area contributed by atoms with E-state index in [9.17, 15) is 13.2 Å². The van der Waals surface area contributed by atoms with Crippen LogP contribution < -0.4 is 19.5 Å². The third-order valence-electron chi connectivity index (χ3n) is 5.98. The normalized spacial score (nSPS) is 15.2. The van der Waals surface area contributed by atoms with Gasteiger partial charge in [-0.3, -0.25) is 4.79 Å². The Kier molecular flexibility index (Phi) is 6.69. The number of carbonyl (C=O) groups is 1. The van der Waals surface area contributed by atoms with Crippen LogP contribution >= 0.6 is 0 Å². The topological polar surface area (TPSA) is 124 Å². The Labute approximate surface area is 203 Å². The molecule has 0 saturated carbocycles. The molecule has 0 aliphatic carbocycles. The second-order valence-corrected chi connectivity index (χ2v) is 10.3. The summed E-state index contributed by atoms with van der Waals surface area (Å²) < 4.78 is 40.7. The number of anilines is 1. The fraction of sp³-hybridized carbons (Fsp3) is 0.375. The van der Waals surface area contributed by atoms with Crippen LogP contribution in [0.2, 0.25) is 0 Å². The number of aryl methyl sites for hydroxylation is 1. The first kappa shape index (κ1) is 23.3. The largest absolute Gasteiger partial charge is 0.486 e. The van der Waals surface area contributed by atoms with E-state index in [1.807, 2.05) is 18.2 Å². The van der Waals surface area contributed by atoms with E-state index in [-0.39, 0.29) is 23.8 Å². The fourth-order valence-corrected chi connectivity index (χ4v) is 5.28. The second-order valence-electron chi connectivity index (χ2n) is 8.48. The molecule has 0 fully saturated rings. The predicted octanol–water partition coefficient (Wildman–Crippen LogP) is 2.75. The molecule has 2 aliphatic heterocycles. The zero-order valence-electron chi connectivity index (χ0n) is 19.2. The number of amides is 1. The number of nitrogens with zero attached hydrogens (tertiary/aromatic N) is 3. The van der Waals surface area contributed by atoms with E-state index in [4.69, 9.17) is 9.47 Å². The Morgan fingerprint density at radius 2 is 1.86 bits per heavy atom. The van der Waals surface area contributed by atoms with Crippen molar-refractivity contribution in [2.45, 2.75) is 43.5 Å². The minimum atomic E-state index is -3.79.